The Bertz CT molecular complexity index is 1490. The monoisotopic (exact) mass is 501 g/mol. The van der Waals surface area contributed by atoms with E-state index >= 15 is 0 Å². The second-order valence-electron chi connectivity index (χ2n) is 8.31. The predicted octanol–water partition coefficient (Wildman–Crippen LogP) is 5.91. The van der Waals surface area contributed by atoms with Crippen LogP contribution in [-0.4, -0.2) is 42.9 Å². The van der Waals surface area contributed by atoms with Crippen LogP contribution in [0.15, 0.2) is 77.9 Å². The minimum absolute atomic E-state index is 0.261. The van der Waals surface area contributed by atoms with Gasteiger partial charge in [0.2, 0.25) is 0 Å². The number of rotatable bonds is 6. The molecule has 8 heteroatoms. The zero-order chi connectivity index (χ0) is 25.2. The maximum absolute atomic E-state index is 13.7. The first-order chi connectivity index (χ1) is 17.5. The molecule has 1 aliphatic heterocycles. The lowest BCUT2D eigenvalue weighted by Crippen LogP contribution is -2.27. The Morgan fingerprint density at radius 1 is 0.889 bits per heavy atom. The van der Waals surface area contributed by atoms with Gasteiger partial charge in [-0.15, -0.1) is 0 Å². The topological polar surface area (TPSA) is 73.2 Å². The van der Waals surface area contributed by atoms with E-state index in [0.29, 0.717) is 45.5 Å². The van der Waals surface area contributed by atoms with E-state index in [0.717, 1.165) is 16.7 Å². The Morgan fingerprint density at radius 3 is 2.33 bits per heavy atom. The average Bonchev–Trinajstić information content (AvgIpc) is 3.37. The zero-order valence-corrected chi connectivity index (χ0v) is 20.8. The molecule has 0 saturated carbocycles. The molecule has 0 radical (unpaired) electrons. The first kappa shape index (κ1) is 23.6. The Morgan fingerprint density at radius 2 is 1.58 bits per heavy atom. The van der Waals surface area contributed by atoms with Crippen LogP contribution < -0.4 is 14.2 Å². The van der Waals surface area contributed by atoms with Crippen molar-refractivity contribution in [3.8, 4) is 17.2 Å². The number of hydrogen-bond acceptors (Lipinski definition) is 6. The van der Waals surface area contributed by atoms with E-state index in [-0.39, 0.29) is 5.91 Å². The minimum Gasteiger partial charge on any atom is -0.497 e. The fourth-order valence-corrected chi connectivity index (χ4v) is 4.58. The van der Waals surface area contributed by atoms with Crippen molar-refractivity contribution in [3.05, 3.63) is 94.6 Å². The van der Waals surface area contributed by atoms with Crippen molar-refractivity contribution in [1.82, 2.24) is 9.99 Å². The largest absolute Gasteiger partial charge is 0.497 e. The van der Waals surface area contributed by atoms with Crippen molar-refractivity contribution in [2.75, 3.05) is 21.3 Å². The van der Waals surface area contributed by atoms with Gasteiger partial charge in [-0.2, -0.15) is 5.10 Å². The zero-order valence-electron chi connectivity index (χ0n) is 20.1. The van der Waals surface area contributed by atoms with E-state index in [4.69, 9.17) is 30.9 Å². The van der Waals surface area contributed by atoms with E-state index in [1.165, 1.54) is 5.01 Å². The average molecular weight is 502 g/mol. The minimum atomic E-state index is -0.448. The first-order valence-electron chi connectivity index (χ1n) is 11.3. The third-order valence-electron chi connectivity index (χ3n) is 6.20. The summed E-state index contributed by atoms with van der Waals surface area (Å²) in [6.07, 6.45) is 0.464. The normalized spacial score (nSPS) is 15.1. The summed E-state index contributed by atoms with van der Waals surface area (Å²) in [6.45, 7) is 0. The number of methoxy groups -OCH3 is 3. The number of aromatic nitrogens is 1. The van der Waals surface area contributed by atoms with Gasteiger partial charge >= 0.3 is 0 Å². The molecule has 5 rings (SSSR count). The summed E-state index contributed by atoms with van der Waals surface area (Å²) < 4.78 is 16.0. The van der Waals surface area contributed by atoms with Gasteiger partial charge in [0.05, 0.1) is 38.6 Å². The number of halogens is 1. The number of amides is 1. The van der Waals surface area contributed by atoms with Crippen LogP contribution in [-0.2, 0) is 0 Å². The number of carbonyl (C=O) groups excluding carboxylic acids is 1. The summed E-state index contributed by atoms with van der Waals surface area (Å²) in [5.41, 5.74) is 3.51. The van der Waals surface area contributed by atoms with Crippen molar-refractivity contribution < 1.29 is 19.0 Å². The van der Waals surface area contributed by atoms with Gasteiger partial charge < -0.3 is 14.2 Å². The molecule has 7 nitrogen and oxygen atoms in total. The highest BCUT2D eigenvalue weighted by molar-refractivity contribution is 6.30. The third-order valence-corrected chi connectivity index (χ3v) is 6.51. The molecule has 0 saturated heterocycles. The summed E-state index contributed by atoms with van der Waals surface area (Å²) in [5, 5.41) is 7.46. The highest BCUT2D eigenvalue weighted by atomic mass is 35.5. The number of nitrogens with zero attached hydrogens (tertiary/aromatic N) is 3. The molecule has 3 aromatic carbocycles. The number of ether oxygens (including phenoxy) is 3. The molecule has 0 aliphatic carbocycles. The van der Waals surface area contributed by atoms with Gasteiger partial charge in [-0.05, 0) is 48.5 Å². The van der Waals surface area contributed by atoms with Crippen molar-refractivity contribution >= 4 is 34.1 Å². The molecule has 1 aromatic heterocycles. The molecule has 0 bridgehead atoms. The van der Waals surface area contributed by atoms with Crippen molar-refractivity contribution in [3.63, 3.8) is 0 Å². The maximum Gasteiger partial charge on any atom is 0.274 e. The second kappa shape index (κ2) is 9.87. The molecule has 0 fully saturated rings. The number of fused-ring (bicyclic) bond motifs is 1. The van der Waals surface area contributed by atoms with Gasteiger partial charge in [0.1, 0.15) is 22.4 Å². The van der Waals surface area contributed by atoms with E-state index in [2.05, 4.69) is 4.98 Å². The van der Waals surface area contributed by atoms with Crippen LogP contribution in [0, 0.1) is 0 Å². The van der Waals surface area contributed by atoms with Crippen LogP contribution >= 0.6 is 11.6 Å². The molecule has 1 aliphatic rings. The van der Waals surface area contributed by atoms with Gasteiger partial charge in [0, 0.05) is 34.6 Å². The van der Waals surface area contributed by atoms with Crippen LogP contribution in [0.25, 0.3) is 10.9 Å². The van der Waals surface area contributed by atoms with Crippen LogP contribution in [0.3, 0.4) is 0 Å². The molecule has 2 heterocycles. The highest BCUT2D eigenvalue weighted by Gasteiger charge is 2.35. The van der Waals surface area contributed by atoms with E-state index in [1.807, 2.05) is 48.5 Å². The molecule has 1 atom stereocenters. The highest BCUT2D eigenvalue weighted by Crippen LogP contribution is 2.39. The SMILES string of the molecule is COc1cccc(C(=O)N2N=C(c3cccc(OC)c3)C[C@H]2c2cc3ccc(OC)cc3nc2Cl)c1. The quantitative estimate of drug-likeness (QED) is 0.307. The Labute approximate surface area is 213 Å². The van der Waals surface area contributed by atoms with Crippen molar-refractivity contribution in [2.24, 2.45) is 5.10 Å². The number of benzene rings is 3. The van der Waals surface area contributed by atoms with Crippen LogP contribution in [0.4, 0.5) is 0 Å². The summed E-state index contributed by atoms with van der Waals surface area (Å²) in [5.74, 6) is 1.73. The van der Waals surface area contributed by atoms with E-state index in [1.54, 1.807) is 45.6 Å². The summed E-state index contributed by atoms with van der Waals surface area (Å²) in [7, 11) is 4.79. The van der Waals surface area contributed by atoms with Crippen molar-refractivity contribution in [2.45, 2.75) is 12.5 Å². The first-order valence-corrected chi connectivity index (χ1v) is 11.7. The smallest absolute Gasteiger partial charge is 0.274 e. The summed E-state index contributed by atoms with van der Waals surface area (Å²) in [6, 6.07) is 21.8. The van der Waals surface area contributed by atoms with Gasteiger partial charge in [-0.3, -0.25) is 4.79 Å². The number of carbonyl (C=O) groups is 1. The van der Waals surface area contributed by atoms with Gasteiger partial charge in [0.15, 0.2) is 0 Å². The van der Waals surface area contributed by atoms with Gasteiger partial charge in [-0.1, -0.05) is 29.8 Å². The van der Waals surface area contributed by atoms with Gasteiger partial charge in [-0.25, -0.2) is 9.99 Å². The molecule has 36 heavy (non-hydrogen) atoms. The molecular weight excluding hydrogens is 478 g/mol. The molecule has 0 unspecified atom stereocenters. The second-order valence-corrected chi connectivity index (χ2v) is 8.67. The van der Waals surface area contributed by atoms with Gasteiger partial charge in [0.25, 0.3) is 5.91 Å². The van der Waals surface area contributed by atoms with E-state index in [9.17, 15) is 4.79 Å². The molecule has 0 spiro atoms. The molecule has 1 amide bonds. The van der Waals surface area contributed by atoms with Crippen LogP contribution in [0.2, 0.25) is 5.15 Å². The number of hydrogen-bond donors (Lipinski definition) is 0. The van der Waals surface area contributed by atoms with Crippen LogP contribution in [0.5, 0.6) is 17.2 Å². The lowest BCUT2D eigenvalue weighted by atomic mass is 9.98. The molecule has 0 N–H and O–H groups in total. The van der Waals surface area contributed by atoms with Crippen molar-refractivity contribution in [1.29, 1.82) is 0 Å². The number of hydrazone groups is 1. The fraction of sp³-hybridized carbons (Fsp3) is 0.179. The summed E-state index contributed by atoms with van der Waals surface area (Å²) >= 11 is 6.70. The standard InChI is InChI=1S/C28H24ClN3O4/c1-34-20-8-4-6-17(12-20)25-16-26(32(31-25)28(33)19-7-5-9-21(13-19)35-2)23-14-18-10-11-22(36-3)15-24(18)30-27(23)29/h4-15,26H,16H2,1-3H3/t26-/m0/s1. The lowest BCUT2D eigenvalue weighted by molar-refractivity contribution is 0.0711. The maximum atomic E-state index is 13.7. The molecule has 4 aromatic rings. The Kier molecular flexibility index (Phi) is 6.48. The summed E-state index contributed by atoms with van der Waals surface area (Å²) in [4.78, 5) is 18.3. The Hall–Kier alpha value is -4.10. The van der Waals surface area contributed by atoms with Crippen LogP contribution in [0.1, 0.15) is 33.9 Å². The predicted molar refractivity (Wildman–Crippen MR) is 139 cm³/mol. The number of pyridine rings is 1. The fourth-order valence-electron chi connectivity index (χ4n) is 4.31. The third kappa shape index (κ3) is 4.45. The molecule has 182 valence electrons. The molecular formula is C28H24ClN3O4. The Balaban J connectivity index is 1.60. The van der Waals surface area contributed by atoms with E-state index < -0.39 is 6.04 Å². The lowest BCUT2D eigenvalue weighted by Gasteiger charge is -2.23.